The highest BCUT2D eigenvalue weighted by Gasteiger charge is 2.26. The highest BCUT2D eigenvalue weighted by atomic mass is 32.2. The molecule has 0 heterocycles. The summed E-state index contributed by atoms with van der Waals surface area (Å²) in [6, 6.07) is 11.0. The maximum absolute atomic E-state index is 12.3. The van der Waals surface area contributed by atoms with Crippen LogP contribution in [0.1, 0.15) is 36.5 Å². The van der Waals surface area contributed by atoms with Gasteiger partial charge in [0.2, 0.25) is 10.0 Å². The number of aromatic carboxylic acids is 1. The molecule has 4 N–H and O–H groups in total. The summed E-state index contributed by atoms with van der Waals surface area (Å²) in [4.78, 5) is 13.0. The van der Waals surface area contributed by atoms with Crippen LogP contribution in [0, 0.1) is 0 Å². The van der Waals surface area contributed by atoms with Crippen LogP contribution in [0.2, 0.25) is 0 Å². The highest BCUT2D eigenvalue weighted by molar-refractivity contribution is 7.89. The lowest BCUT2D eigenvalue weighted by molar-refractivity contribution is 0.0696. The molecule has 0 fully saturated rings. The maximum atomic E-state index is 12.3. The molecule has 0 aliphatic heterocycles. The lowest BCUT2D eigenvalue weighted by atomic mass is 10.1. The predicted molar refractivity (Wildman–Crippen MR) is 110 cm³/mol. The Morgan fingerprint density at radius 1 is 1.14 bits per heavy atom. The predicted octanol–water partition coefficient (Wildman–Crippen LogP) is 2.81. The van der Waals surface area contributed by atoms with Crippen molar-refractivity contribution in [1.29, 1.82) is 0 Å². The van der Waals surface area contributed by atoms with Gasteiger partial charge in [0.1, 0.15) is 10.6 Å². The summed E-state index contributed by atoms with van der Waals surface area (Å²) in [6.07, 6.45) is 2.10. The van der Waals surface area contributed by atoms with Crippen LogP contribution in [0.4, 0.5) is 5.69 Å². The van der Waals surface area contributed by atoms with Gasteiger partial charge in [-0.15, -0.1) is 0 Å². The molecule has 158 valence electrons. The topological polar surface area (TPSA) is 130 Å². The molecule has 8 nitrogen and oxygen atoms in total. The highest BCUT2D eigenvalue weighted by Crippen LogP contribution is 2.39. The number of unbranched alkanes of at least 4 members (excludes halogenated alkanes) is 1. The number of hydrogen-bond acceptors (Lipinski definition) is 6. The van der Waals surface area contributed by atoms with E-state index in [1.807, 2.05) is 11.8 Å². The van der Waals surface area contributed by atoms with Crippen molar-refractivity contribution in [2.24, 2.45) is 5.14 Å². The molecule has 2 aromatic rings. The van der Waals surface area contributed by atoms with E-state index in [-0.39, 0.29) is 17.9 Å². The zero-order valence-corrected chi connectivity index (χ0v) is 17.1. The Labute approximate surface area is 170 Å². The third-order valence-corrected chi connectivity index (χ3v) is 5.18. The third-order valence-electron chi connectivity index (χ3n) is 4.26. The number of primary sulfonamides is 1. The van der Waals surface area contributed by atoms with E-state index in [0.717, 1.165) is 18.9 Å². The molecular formula is C20H26N2O6S. The average Bonchev–Trinajstić information content (AvgIpc) is 2.68. The van der Waals surface area contributed by atoms with Crippen molar-refractivity contribution in [1.82, 2.24) is 0 Å². The minimum atomic E-state index is -4.27. The monoisotopic (exact) mass is 422 g/mol. The second kappa shape index (κ2) is 10.2. The van der Waals surface area contributed by atoms with Crippen molar-refractivity contribution < 1.29 is 28.2 Å². The van der Waals surface area contributed by atoms with Gasteiger partial charge >= 0.3 is 5.97 Å². The van der Waals surface area contributed by atoms with Gasteiger partial charge in [0.05, 0.1) is 11.3 Å². The van der Waals surface area contributed by atoms with Crippen molar-refractivity contribution in [2.75, 3.05) is 24.6 Å². The van der Waals surface area contributed by atoms with Gasteiger partial charge in [0, 0.05) is 19.7 Å². The van der Waals surface area contributed by atoms with Gasteiger partial charge in [-0.3, -0.25) is 0 Å². The summed E-state index contributed by atoms with van der Waals surface area (Å²) in [5.74, 6) is -0.919. The smallest absolute Gasteiger partial charge is 0.335 e. The molecule has 0 saturated heterocycles. The number of benzene rings is 2. The number of carbonyl (C=O) groups is 1. The molecule has 2 aromatic carbocycles. The van der Waals surface area contributed by atoms with Crippen molar-refractivity contribution >= 4 is 21.7 Å². The van der Waals surface area contributed by atoms with Gasteiger partial charge in [0.15, 0.2) is 5.75 Å². The molecule has 0 aliphatic rings. The number of carboxylic acid groups (broad SMARTS) is 1. The zero-order chi connectivity index (χ0) is 21.4. The lowest BCUT2D eigenvalue weighted by Gasteiger charge is -2.28. The van der Waals surface area contributed by atoms with Crippen LogP contribution in [0.3, 0.4) is 0 Å². The fourth-order valence-corrected chi connectivity index (χ4v) is 3.53. The van der Waals surface area contributed by atoms with E-state index in [0.29, 0.717) is 30.9 Å². The van der Waals surface area contributed by atoms with E-state index < -0.39 is 20.9 Å². The zero-order valence-electron chi connectivity index (χ0n) is 16.2. The number of ether oxygens (including phenoxy) is 1. The normalized spacial score (nSPS) is 11.3. The van der Waals surface area contributed by atoms with E-state index in [1.54, 1.807) is 30.3 Å². The second-order valence-electron chi connectivity index (χ2n) is 6.51. The Morgan fingerprint density at radius 3 is 2.34 bits per heavy atom. The summed E-state index contributed by atoms with van der Waals surface area (Å²) in [6.45, 7) is 2.89. The van der Waals surface area contributed by atoms with Gasteiger partial charge in [-0.05, 0) is 37.1 Å². The lowest BCUT2D eigenvalue weighted by Crippen LogP contribution is -2.28. The Kier molecular flexibility index (Phi) is 8.00. The molecule has 0 aliphatic carbocycles. The van der Waals surface area contributed by atoms with Crippen LogP contribution in [0.5, 0.6) is 11.5 Å². The first-order chi connectivity index (χ1) is 13.8. The largest absolute Gasteiger partial charge is 0.478 e. The summed E-state index contributed by atoms with van der Waals surface area (Å²) >= 11 is 0. The first-order valence-electron chi connectivity index (χ1n) is 9.30. The Balaban J connectivity index is 2.71. The van der Waals surface area contributed by atoms with E-state index >= 15 is 0 Å². The van der Waals surface area contributed by atoms with Crippen molar-refractivity contribution in [2.45, 2.75) is 31.1 Å². The Morgan fingerprint density at radius 2 is 1.79 bits per heavy atom. The van der Waals surface area contributed by atoms with Gasteiger partial charge < -0.3 is 19.8 Å². The molecule has 29 heavy (non-hydrogen) atoms. The number of aliphatic hydroxyl groups is 1. The molecule has 0 saturated carbocycles. The minimum absolute atomic E-state index is 0.0299. The first-order valence-corrected chi connectivity index (χ1v) is 10.9. The molecule has 0 spiro atoms. The van der Waals surface area contributed by atoms with E-state index in [4.69, 9.17) is 9.88 Å². The number of carboxylic acids is 1. The minimum Gasteiger partial charge on any atom is -0.478 e. The molecular weight excluding hydrogens is 396 g/mol. The van der Waals surface area contributed by atoms with Crippen LogP contribution >= 0.6 is 0 Å². The number of hydrogen-bond donors (Lipinski definition) is 3. The number of rotatable bonds is 11. The molecule has 9 heteroatoms. The average molecular weight is 423 g/mol. The van der Waals surface area contributed by atoms with E-state index in [1.165, 1.54) is 6.07 Å². The molecule has 0 atom stereocenters. The van der Waals surface area contributed by atoms with Crippen LogP contribution < -0.4 is 14.8 Å². The molecule has 0 amide bonds. The van der Waals surface area contributed by atoms with Gasteiger partial charge in [-0.2, -0.15) is 0 Å². The molecule has 2 rings (SSSR count). The SMILES string of the molecule is CCCCN(CCCO)c1cc(C(=O)O)cc(S(N)(=O)=O)c1Oc1ccccc1. The van der Waals surface area contributed by atoms with E-state index in [2.05, 4.69) is 0 Å². The molecule has 0 unspecified atom stereocenters. The number of anilines is 1. The molecule has 0 radical (unpaired) electrons. The van der Waals surface area contributed by atoms with Gasteiger partial charge in [-0.25, -0.2) is 18.4 Å². The second-order valence-corrected chi connectivity index (χ2v) is 8.04. The Bertz CT molecular complexity index is 923. The van der Waals surface area contributed by atoms with Crippen LogP contribution in [0.25, 0.3) is 0 Å². The quantitative estimate of drug-likeness (QED) is 0.507. The fraction of sp³-hybridized carbons (Fsp3) is 0.350. The first kappa shape index (κ1) is 22.7. The number of aliphatic hydroxyl groups excluding tert-OH is 1. The van der Waals surface area contributed by atoms with Crippen LogP contribution in [0.15, 0.2) is 47.4 Å². The molecule has 0 aromatic heterocycles. The summed E-state index contributed by atoms with van der Waals surface area (Å²) in [5.41, 5.74) is 0.0922. The number of para-hydroxylation sites is 1. The number of sulfonamides is 1. The van der Waals surface area contributed by atoms with Crippen molar-refractivity contribution in [3.05, 3.63) is 48.0 Å². The summed E-state index contributed by atoms with van der Waals surface area (Å²) in [7, 11) is -4.27. The number of nitrogens with two attached hydrogens (primary N) is 1. The fourth-order valence-electron chi connectivity index (χ4n) is 2.83. The number of nitrogens with zero attached hydrogens (tertiary/aromatic N) is 1. The van der Waals surface area contributed by atoms with Crippen molar-refractivity contribution in [3.63, 3.8) is 0 Å². The van der Waals surface area contributed by atoms with Crippen LogP contribution in [-0.2, 0) is 10.0 Å². The molecule has 0 bridgehead atoms. The van der Waals surface area contributed by atoms with Gasteiger partial charge in [0.25, 0.3) is 0 Å². The van der Waals surface area contributed by atoms with E-state index in [9.17, 15) is 23.4 Å². The Hall–Kier alpha value is -2.62. The van der Waals surface area contributed by atoms with Gasteiger partial charge in [-0.1, -0.05) is 31.5 Å². The standard InChI is InChI=1S/C20H26N2O6S/c1-2-3-10-22(11-7-12-23)17-13-15(20(24)25)14-18(29(21,26)27)19(17)28-16-8-5-4-6-9-16/h4-6,8-9,13-14,23H,2-3,7,10-12H2,1H3,(H,24,25)(H2,21,26,27). The maximum Gasteiger partial charge on any atom is 0.335 e. The third kappa shape index (κ3) is 6.18. The van der Waals surface area contributed by atoms with Crippen molar-refractivity contribution in [3.8, 4) is 11.5 Å². The summed E-state index contributed by atoms with van der Waals surface area (Å²) in [5, 5.41) is 24.1. The summed E-state index contributed by atoms with van der Waals surface area (Å²) < 4.78 is 30.4. The van der Waals surface area contributed by atoms with Crippen LogP contribution in [-0.4, -0.2) is 44.3 Å².